The van der Waals surface area contributed by atoms with Crippen LogP contribution in [-0.2, 0) is 4.74 Å². The molecule has 2 rings (SSSR count). The molecule has 0 aliphatic heterocycles. The summed E-state index contributed by atoms with van der Waals surface area (Å²) in [5.74, 6) is 0.672. The van der Waals surface area contributed by atoms with Gasteiger partial charge in [-0.25, -0.2) is 9.67 Å². The molecule has 1 unspecified atom stereocenters. The van der Waals surface area contributed by atoms with E-state index in [1.54, 1.807) is 23.9 Å². The minimum atomic E-state index is -3.21. The number of hydrogen-bond donors (Lipinski definition) is 0. The van der Waals surface area contributed by atoms with E-state index in [2.05, 4.69) is 30.7 Å². The maximum atomic E-state index is 12.8. The number of halogens is 3. The molecule has 5 nitrogen and oxygen atoms in total. The van der Waals surface area contributed by atoms with E-state index in [1.165, 1.54) is 12.1 Å². The summed E-state index contributed by atoms with van der Waals surface area (Å²) in [5, 5.41) is 4.21. The Balaban J connectivity index is 2.31. The third kappa shape index (κ3) is 3.98. The van der Waals surface area contributed by atoms with Crippen molar-refractivity contribution in [1.29, 1.82) is 0 Å². The van der Waals surface area contributed by atoms with Gasteiger partial charge in [0.1, 0.15) is 11.9 Å². The molecule has 0 bridgehead atoms. The van der Waals surface area contributed by atoms with E-state index < -0.39 is 6.11 Å². The molecule has 21 heavy (non-hydrogen) atoms. The Morgan fingerprint density at radius 1 is 1.29 bits per heavy atom. The Morgan fingerprint density at radius 2 is 1.90 bits per heavy atom. The molecule has 0 saturated heterocycles. The third-order valence-corrected chi connectivity index (χ3v) is 3.04. The lowest BCUT2D eigenvalue weighted by Gasteiger charge is -2.14. The molecule has 0 N–H and O–H groups in total. The molecule has 0 saturated carbocycles. The van der Waals surface area contributed by atoms with Crippen molar-refractivity contribution in [2.24, 2.45) is 0 Å². The molecule has 0 fully saturated rings. The molecular formula is C13H14BrF2N3O2. The second-order valence-corrected chi connectivity index (χ2v) is 5.14. The maximum Gasteiger partial charge on any atom is 0.394 e. The van der Waals surface area contributed by atoms with Crippen molar-refractivity contribution >= 4 is 15.9 Å². The van der Waals surface area contributed by atoms with Gasteiger partial charge in [-0.1, -0.05) is 0 Å². The molecule has 0 spiro atoms. The number of hydrogen-bond acceptors (Lipinski definition) is 4. The number of aromatic nitrogens is 3. The number of methoxy groups -OCH3 is 1. The molecule has 0 radical (unpaired) electrons. The topological polar surface area (TPSA) is 49.2 Å². The Labute approximate surface area is 129 Å². The fourth-order valence-corrected chi connectivity index (χ4v) is 2.06. The Hall–Kier alpha value is -1.54. The Kier molecular flexibility index (Phi) is 4.58. The fourth-order valence-electron chi connectivity index (χ4n) is 1.72. The van der Waals surface area contributed by atoms with E-state index in [-0.39, 0.29) is 11.9 Å². The zero-order valence-corrected chi connectivity index (χ0v) is 13.3. The van der Waals surface area contributed by atoms with E-state index in [4.69, 9.17) is 4.74 Å². The number of rotatable bonds is 5. The molecule has 0 amide bonds. The van der Waals surface area contributed by atoms with Gasteiger partial charge in [-0.05, 0) is 47.1 Å². The summed E-state index contributed by atoms with van der Waals surface area (Å²) in [6, 6.07) is 6.13. The third-order valence-electron chi connectivity index (χ3n) is 2.70. The first kappa shape index (κ1) is 15.8. The van der Waals surface area contributed by atoms with Gasteiger partial charge in [0, 0.05) is 14.0 Å². The van der Waals surface area contributed by atoms with E-state index in [0.29, 0.717) is 23.2 Å². The Bertz CT molecular complexity index is 611. The van der Waals surface area contributed by atoms with Crippen molar-refractivity contribution in [2.45, 2.75) is 26.1 Å². The SMILES string of the molecule is COC(C)c1nc(Br)nn1-c1ccc(OC(C)(F)F)cc1. The monoisotopic (exact) mass is 361 g/mol. The van der Waals surface area contributed by atoms with Gasteiger partial charge in [-0.3, -0.25) is 0 Å². The normalized spacial score (nSPS) is 13.2. The van der Waals surface area contributed by atoms with Gasteiger partial charge in [-0.15, -0.1) is 5.10 Å². The fraction of sp³-hybridized carbons (Fsp3) is 0.385. The van der Waals surface area contributed by atoms with Gasteiger partial charge in [-0.2, -0.15) is 8.78 Å². The van der Waals surface area contributed by atoms with Crippen LogP contribution in [0.15, 0.2) is 29.0 Å². The van der Waals surface area contributed by atoms with Crippen LogP contribution in [0, 0.1) is 0 Å². The molecule has 1 aromatic carbocycles. The van der Waals surface area contributed by atoms with E-state index in [0.717, 1.165) is 0 Å². The first-order chi connectivity index (χ1) is 9.80. The van der Waals surface area contributed by atoms with E-state index in [1.807, 2.05) is 6.92 Å². The van der Waals surface area contributed by atoms with Crippen LogP contribution < -0.4 is 4.74 Å². The molecule has 1 atom stereocenters. The lowest BCUT2D eigenvalue weighted by atomic mass is 10.3. The molecular weight excluding hydrogens is 348 g/mol. The van der Waals surface area contributed by atoms with Crippen LogP contribution in [0.25, 0.3) is 5.69 Å². The highest BCUT2D eigenvalue weighted by atomic mass is 79.9. The van der Waals surface area contributed by atoms with Crippen molar-refractivity contribution in [3.63, 3.8) is 0 Å². The zero-order chi connectivity index (χ0) is 15.6. The number of benzene rings is 1. The van der Waals surface area contributed by atoms with Crippen molar-refractivity contribution in [3.8, 4) is 11.4 Å². The summed E-state index contributed by atoms with van der Waals surface area (Å²) >= 11 is 3.21. The highest BCUT2D eigenvalue weighted by Gasteiger charge is 2.23. The number of nitrogens with zero attached hydrogens (tertiary/aromatic N) is 3. The minimum Gasteiger partial charge on any atom is -0.433 e. The predicted octanol–water partition coefficient (Wildman–Crippen LogP) is 3.73. The largest absolute Gasteiger partial charge is 0.433 e. The molecule has 1 aromatic heterocycles. The molecule has 2 aromatic rings. The van der Waals surface area contributed by atoms with Gasteiger partial charge in [0.15, 0.2) is 5.82 Å². The first-order valence-electron chi connectivity index (χ1n) is 6.12. The van der Waals surface area contributed by atoms with Gasteiger partial charge in [0.25, 0.3) is 0 Å². The molecule has 8 heteroatoms. The van der Waals surface area contributed by atoms with Gasteiger partial charge in [0.05, 0.1) is 5.69 Å². The van der Waals surface area contributed by atoms with Crippen molar-refractivity contribution in [1.82, 2.24) is 14.8 Å². The van der Waals surface area contributed by atoms with Gasteiger partial charge in [0.2, 0.25) is 4.73 Å². The molecule has 114 valence electrons. The summed E-state index contributed by atoms with van der Waals surface area (Å²) in [4.78, 5) is 4.23. The van der Waals surface area contributed by atoms with Gasteiger partial charge < -0.3 is 9.47 Å². The van der Waals surface area contributed by atoms with Gasteiger partial charge >= 0.3 is 6.11 Å². The van der Waals surface area contributed by atoms with Crippen molar-refractivity contribution < 1.29 is 18.3 Å². The van der Waals surface area contributed by atoms with Crippen LogP contribution in [0.1, 0.15) is 25.8 Å². The predicted molar refractivity (Wildman–Crippen MR) is 75.7 cm³/mol. The summed E-state index contributed by atoms with van der Waals surface area (Å²) < 4.78 is 37.3. The van der Waals surface area contributed by atoms with Crippen molar-refractivity contribution in [2.75, 3.05) is 7.11 Å². The van der Waals surface area contributed by atoms with Crippen LogP contribution in [-0.4, -0.2) is 28.0 Å². The highest BCUT2D eigenvalue weighted by Crippen LogP contribution is 2.24. The van der Waals surface area contributed by atoms with E-state index in [9.17, 15) is 8.78 Å². The standard InChI is InChI=1S/C13H14BrF2N3O2/c1-8(20-3)11-17-12(14)18-19(11)9-4-6-10(7-5-9)21-13(2,15)16/h4-8H,1-3H3. The summed E-state index contributed by atoms with van der Waals surface area (Å²) in [7, 11) is 1.57. The summed E-state index contributed by atoms with van der Waals surface area (Å²) in [5.41, 5.74) is 0.666. The minimum absolute atomic E-state index is 0.0757. The van der Waals surface area contributed by atoms with Crippen LogP contribution in [0.2, 0.25) is 0 Å². The van der Waals surface area contributed by atoms with Crippen LogP contribution >= 0.6 is 15.9 Å². The summed E-state index contributed by atoms with van der Waals surface area (Å²) in [6.07, 6.45) is -3.48. The molecule has 0 aliphatic carbocycles. The average molecular weight is 362 g/mol. The maximum absolute atomic E-state index is 12.8. The lowest BCUT2D eigenvalue weighted by Crippen LogP contribution is -2.19. The molecule has 1 heterocycles. The first-order valence-corrected chi connectivity index (χ1v) is 6.92. The average Bonchev–Trinajstić information content (AvgIpc) is 2.79. The second kappa shape index (κ2) is 6.07. The van der Waals surface area contributed by atoms with Crippen LogP contribution in [0.5, 0.6) is 5.75 Å². The van der Waals surface area contributed by atoms with Crippen LogP contribution in [0.3, 0.4) is 0 Å². The lowest BCUT2D eigenvalue weighted by molar-refractivity contribution is -0.158. The molecule has 0 aliphatic rings. The zero-order valence-electron chi connectivity index (χ0n) is 11.7. The Morgan fingerprint density at radius 3 is 2.43 bits per heavy atom. The smallest absolute Gasteiger partial charge is 0.394 e. The number of ether oxygens (including phenoxy) is 2. The quantitative estimate of drug-likeness (QED) is 0.813. The highest BCUT2D eigenvalue weighted by molar-refractivity contribution is 9.10. The summed E-state index contributed by atoms with van der Waals surface area (Å²) in [6.45, 7) is 2.52. The second-order valence-electron chi connectivity index (χ2n) is 4.43. The van der Waals surface area contributed by atoms with Crippen molar-refractivity contribution in [3.05, 3.63) is 34.8 Å². The van der Waals surface area contributed by atoms with Crippen LogP contribution in [0.4, 0.5) is 8.78 Å². The number of alkyl halides is 2. The van der Waals surface area contributed by atoms with E-state index >= 15 is 0 Å².